The Morgan fingerprint density at radius 3 is 1.78 bits per heavy atom. The summed E-state index contributed by atoms with van der Waals surface area (Å²) < 4.78 is 0. The Bertz CT molecular complexity index is 306. The second-order valence-electron chi connectivity index (χ2n) is 5.69. The Labute approximate surface area is 115 Å². The molecule has 0 atom stereocenters. The van der Waals surface area contributed by atoms with Gasteiger partial charge in [0.2, 0.25) is 0 Å². The molecule has 0 aromatic carbocycles. The number of aliphatic hydroxyl groups is 1. The number of hydrogen-bond acceptors (Lipinski definition) is 2. The molecule has 1 fully saturated rings. The van der Waals surface area contributed by atoms with E-state index < -0.39 is 5.60 Å². The topological polar surface area (TPSA) is 20.2 Å². The summed E-state index contributed by atoms with van der Waals surface area (Å²) in [5.41, 5.74) is -0.534. The van der Waals surface area contributed by atoms with E-state index in [4.69, 9.17) is 0 Å². The zero-order valence-electron chi connectivity index (χ0n) is 11.4. The molecule has 0 saturated heterocycles. The first-order chi connectivity index (χ1) is 8.81. The van der Waals surface area contributed by atoms with Gasteiger partial charge in [0.1, 0.15) is 0 Å². The first-order valence-corrected chi connectivity index (χ1v) is 8.46. The Morgan fingerprint density at radius 1 is 0.833 bits per heavy atom. The van der Waals surface area contributed by atoms with E-state index in [0.717, 1.165) is 12.8 Å². The van der Waals surface area contributed by atoms with Crippen LogP contribution in [0.5, 0.6) is 0 Å². The van der Waals surface area contributed by atoms with E-state index in [1.807, 2.05) is 0 Å². The van der Waals surface area contributed by atoms with Crippen LogP contribution >= 0.6 is 11.3 Å². The highest BCUT2D eigenvalue weighted by molar-refractivity contribution is 7.10. The van der Waals surface area contributed by atoms with E-state index in [9.17, 15) is 5.11 Å². The monoisotopic (exact) mass is 266 g/mol. The number of rotatable bonds is 1. The zero-order chi connectivity index (χ0) is 12.7. The maximum absolute atomic E-state index is 10.9. The summed E-state index contributed by atoms with van der Waals surface area (Å²) in [6.45, 7) is 0. The van der Waals surface area contributed by atoms with Crippen LogP contribution in [0, 0.1) is 0 Å². The molecular weight excluding hydrogens is 240 g/mol. The predicted octanol–water partition coefficient (Wildman–Crippen LogP) is 5.24. The van der Waals surface area contributed by atoms with Crippen LogP contribution in [0.4, 0.5) is 0 Å². The van der Waals surface area contributed by atoms with Crippen molar-refractivity contribution < 1.29 is 5.11 Å². The summed E-state index contributed by atoms with van der Waals surface area (Å²) in [5.74, 6) is 0. The molecule has 0 spiro atoms. The Morgan fingerprint density at radius 2 is 1.33 bits per heavy atom. The van der Waals surface area contributed by atoms with E-state index in [0.29, 0.717) is 0 Å². The maximum atomic E-state index is 10.9. The smallest absolute Gasteiger partial charge is 0.0987 e. The average molecular weight is 266 g/mol. The fourth-order valence-corrected chi connectivity index (χ4v) is 3.87. The van der Waals surface area contributed by atoms with Gasteiger partial charge in [-0.3, -0.25) is 0 Å². The molecule has 1 nitrogen and oxygen atoms in total. The van der Waals surface area contributed by atoms with Crippen molar-refractivity contribution in [1.82, 2.24) is 0 Å². The second-order valence-corrected chi connectivity index (χ2v) is 6.64. The van der Waals surface area contributed by atoms with Gasteiger partial charge in [-0.05, 0) is 24.3 Å². The van der Waals surface area contributed by atoms with Gasteiger partial charge >= 0.3 is 0 Å². The largest absolute Gasteiger partial charge is 0.384 e. The molecule has 0 unspecified atom stereocenters. The summed E-state index contributed by atoms with van der Waals surface area (Å²) in [5, 5.41) is 13.0. The van der Waals surface area contributed by atoms with Crippen LogP contribution in [0.2, 0.25) is 0 Å². The number of hydrogen-bond donors (Lipinski definition) is 1. The molecule has 1 aliphatic carbocycles. The molecule has 1 saturated carbocycles. The summed E-state index contributed by atoms with van der Waals surface area (Å²) in [4.78, 5) is 1.18. The van der Waals surface area contributed by atoms with E-state index in [1.54, 1.807) is 11.3 Å². The molecule has 0 amide bonds. The van der Waals surface area contributed by atoms with Crippen LogP contribution in [-0.2, 0) is 5.60 Å². The molecule has 1 aliphatic rings. The van der Waals surface area contributed by atoms with Gasteiger partial charge in [-0.2, -0.15) is 0 Å². The lowest BCUT2D eigenvalue weighted by Gasteiger charge is -2.27. The third kappa shape index (κ3) is 4.10. The fraction of sp³-hybridized carbons (Fsp3) is 0.750. The van der Waals surface area contributed by atoms with Gasteiger partial charge in [0.05, 0.1) is 5.60 Å². The van der Waals surface area contributed by atoms with Gasteiger partial charge < -0.3 is 5.11 Å². The minimum absolute atomic E-state index is 0.534. The lowest BCUT2D eigenvalue weighted by atomic mass is 9.87. The molecule has 1 aromatic rings. The molecule has 0 aliphatic heterocycles. The number of thiophene rings is 1. The third-order valence-electron chi connectivity index (χ3n) is 4.16. The van der Waals surface area contributed by atoms with Gasteiger partial charge in [-0.25, -0.2) is 0 Å². The standard InChI is InChI=1S/C16H26OS/c17-16(15-11-10-14-18-15)12-8-6-4-2-1-3-5-7-9-13-16/h10-11,14,17H,1-9,12-13H2. The normalized spacial score (nSPS) is 22.9. The highest BCUT2D eigenvalue weighted by Gasteiger charge is 2.29. The van der Waals surface area contributed by atoms with Crippen molar-refractivity contribution in [3.05, 3.63) is 22.4 Å². The summed E-state index contributed by atoms with van der Waals surface area (Å²) in [7, 11) is 0. The molecule has 2 rings (SSSR count). The lowest BCUT2D eigenvalue weighted by molar-refractivity contribution is 0.0166. The minimum Gasteiger partial charge on any atom is -0.384 e. The summed E-state index contributed by atoms with van der Waals surface area (Å²) >= 11 is 1.72. The molecule has 2 heteroatoms. The van der Waals surface area contributed by atoms with Gasteiger partial charge in [-0.1, -0.05) is 63.9 Å². The van der Waals surface area contributed by atoms with Crippen LogP contribution in [0.1, 0.15) is 75.5 Å². The predicted molar refractivity (Wildman–Crippen MR) is 79.0 cm³/mol. The lowest BCUT2D eigenvalue weighted by Crippen LogP contribution is -2.24. The molecule has 102 valence electrons. The molecule has 0 bridgehead atoms. The van der Waals surface area contributed by atoms with Crippen molar-refractivity contribution >= 4 is 11.3 Å². The maximum Gasteiger partial charge on any atom is 0.0987 e. The molecule has 1 heterocycles. The quantitative estimate of drug-likeness (QED) is 0.737. The van der Waals surface area contributed by atoms with E-state index in [1.165, 1.54) is 62.7 Å². The molecule has 1 N–H and O–H groups in total. The van der Waals surface area contributed by atoms with Crippen molar-refractivity contribution in [3.8, 4) is 0 Å². The van der Waals surface area contributed by atoms with E-state index in [-0.39, 0.29) is 0 Å². The van der Waals surface area contributed by atoms with Crippen molar-refractivity contribution in [2.24, 2.45) is 0 Å². The van der Waals surface area contributed by atoms with Crippen LogP contribution in [0.3, 0.4) is 0 Å². The molecular formula is C16H26OS. The highest BCUT2D eigenvalue weighted by Crippen LogP contribution is 2.36. The zero-order valence-corrected chi connectivity index (χ0v) is 12.2. The van der Waals surface area contributed by atoms with E-state index in [2.05, 4.69) is 17.5 Å². The van der Waals surface area contributed by atoms with Gasteiger partial charge in [0.25, 0.3) is 0 Å². The van der Waals surface area contributed by atoms with Crippen LogP contribution in [0.15, 0.2) is 17.5 Å². The Kier molecular flexibility index (Phi) is 5.71. The van der Waals surface area contributed by atoms with Gasteiger partial charge in [-0.15, -0.1) is 11.3 Å². The Balaban J connectivity index is 1.96. The van der Waals surface area contributed by atoms with Crippen LogP contribution in [-0.4, -0.2) is 5.11 Å². The van der Waals surface area contributed by atoms with Crippen molar-refractivity contribution in [2.75, 3.05) is 0 Å². The molecule has 0 radical (unpaired) electrons. The molecule has 1 aromatic heterocycles. The second kappa shape index (κ2) is 7.30. The minimum atomic E-state index is -0.534. The van der Waals surface area contributed by atoms with Crippen molar-refractivity contribution in [2.45, 2.75) is 76.2 Å². The highest BCUT2D eigenvalue weighted by atomic mass is 32.1. The van der Waals surface area contributed by atoms with Crippen LogP contribution in [0.25, 0.3) is 0 Å². The van der Waals surface area contributed by atoms with Crippen molar-refractivity contribution in [1.29, 1.82) is 0 Å². The molecule has 18 heavy (non-hydrogen) atoms. The summed E-state index contributed by atoms with van der Waals surface area (Å²) in [6, 6.07) is 4.17. The first-order valence-electron chi connectivity index (χ1n) is 7.58. The van der Waals surface area contributed by atoms with E-state index >= 15 is 0 Å². The van der Waals surface area contributed by atoms with Crippen molar-refractivity contribution in [3.63, 3.8) is 0 Å². The van der Waals surface area contributed by atoms with Crippen LogP contribution < -0.4 is 0 Å². The van der Waals surface area contributed by atoms with Gasteiger partial charge in [0, 0.05) is 4.88 Å². The average Bonchev–Trinajstić information content (AvgIpc) is 2.88. The third-order valence-corrected chi connectivity index (χ3v) is 5.22. The summed E-state index contributed by atoms with van der Waals surface area (Å²) in [6.07, 6.45) is 13.7. The Hall–Kier alpha value is -0.340. The first kappa shape index (κ1) is 14.1. The van der Waals surface area contributed by atoms with Gasteiger partial charge in [0.15, 0.2) is 0 Å². The SMILES string of the molecule is OC1(c2cccs2)CCCCCCCCCCC1. The fourth-order valence-electron chi connectivity index (χ4n) is 2.99.